The third-order valence-corrected chi connectivity index (χ3v) is 2.62. The molecule has 2 aromatic rings. The van der Waals surface area contributed by atoms with E-state index in [1.54, 1.807) is 6.92 Å². The number of nitrogens with one attached hydrogen (secondary N) is 2. The first-order valence-electron chi connectivity index (χ1n) is 5.60. The number of rotatable bonds is 4. The summed E-state index contributed by atoms with van der Waals surface area (Å²) in [6.45, 7) is 3.93. The maximum Gasteiger partial charge on any atom is 0.271 e. The second-order valence-corrected chi connectivity index (χ2v) is 3.92. The molecular formula is C11H14N6O2. The zero-order chi connectivity index (χ0) is 13.8. The third kappa shape index (κ3) is 2.86. The van der Waals surface area contributed by atoms with Crippen molar-refractivity contribution < 1.29 is 9.32 Å². The molecule has 0 aromatic carbocycles. The Kier molecular flexibility index (Phi) is 3.71. The van der Waals surface area contributed by atoms with Gasteiger partial charge in [-0.15, -0.1) is 0 Å². The predicted molar refractivity (Wildman–Crippen MR) is 67.0 cm³/mol. The Morgan fingerprint density at radius 1 is 1.42 bits per heavy atom. The molecule has 4 N–H and O–H groups in total. The van der Waals surface area contributed by atoms with Gasteiger partial charge in [-0.1, -0.05) is 5.16 Å². The number of aryl methyl sites for hydroxylation is 2. The molecule has 100 valence electrons. The van der Waals surface area contributed by atoms with Crippen molar-refractivity contribution in [2.45, 2.75) is 20.4 Å². The third-order valence-electron chi connectivity index (χ3n) is 2.62. The van der Waals surface area contributed by atoms with Crippen LogP contribution in [-0.4, -0.2) is 21.0 Å². The average molecular weight is 262 g/mol. The quantitative estimate of drug-likeness (QED) is 0.535. The number of carbonyl (C=O) groups is 1. The molecule has 8 nitrogen and oxygen atoms in total. The molecule has 2 rings (SSSR count). The lowest BCUT2D eigenvalue weighted by molar-refractivity contribution is 0.0945. The highest BCUT2D eigenvalue weighted by atomic mass is 16.5. The summed E-state index contributed by atoms with van der Waals surface area (Å²) in [5.41, 5.74) is 4.12. The summed E-state index contributed by atoms with van der Waals surface area (Å²) in [6.07, 6.45) is 2.79. The number of hydrogen-bond donors (Lipinski definition) is 3. The summed E-state index contributed by atoms with van der Waals surface area (Å²) in [5, 5.41) is 6.54. The van der Waals surface area contributed by atoms with E-state index in [9.17, 15) is 4.79 Å². The van der Waals surface area contributed by atoms with E-state index < -0.39 is 0 Å². The Balaban J connectivity index is 2.05. The van der Waals surface area contributed by atoms with Crippen LogP contribution in [0.3, 0.4) is 0 Å². The molecule has 2 aromatic heterocycles. The summed E-state index contributed by atoms with van der Waals surface area (Å²) in [6, 6.07) is 0. The first kappa shape index (κ1) is 13.0. The van der Waals surface area contributed by atoms with Crippen molar-refractivity contribution in [2.75, 3.05) is 5.43 Å². The molecule has 8 heteroatoms. The van der Waals surface area contributed by atoms with E-state index in [2.05, 4.69) is 25.9 Å². The molecule has 0 saturated carbocycles. The van der Waals surface area contributed by atoms with Crippen LogP contribution in [0.4, 0.5) is 5.82 Å². The molecular weight excluding hydrogens is 248 g/mol. The number of aromatic nitrogens is 3. The molecule has 0 fully saturated rings. The van der Waals surface area contributed by atoms with Crippen LogP contribution in [0.1, 0.15) is 27.5 Å². The van der Waals surface area contributed by atoms with Crippen molar-refractivity contribution in [3.63, 3.8) is 0 Å². The average Bonchev–Trinajstić information content (AvgIpc) is 2.75. The fourth-order valence-corrected chi connectivity index (χ4v) is 1.56. The standard InChI is InChI=1S/C11H14N6O2/c1-6-8(7(2)19-17-6)3-14-11(18)9-4-13-5-10(15-9)16-12/h4-5H,3,12H2,1-2H3,(H,14,18)(H,15,16). The van der Waals surface area contributed by atoms with Crippen LogP contribution in [0.2, 0.25) is 0 Å². The minimum Gasteiger partial charge on any atom is -0.361 e. The number of amides is 1. The number of anilines is 1. The molecule has 0 aliphatic rings. The Hall–Kier alpha value is -2.48. The molecule has 0 spiro atoms. The second kappa shape index (κ2) is 5.44. The fraction of sp³-hybridized carbons (Fsp3) is 0.273. The first-order valence-corrected chi connectivity index (χ1v) is 5.60. The van der Waals surface area contributed by atoms with E-state index in [0.717, 1.165) is 11.3 Å². The maximum absolute atomic E-state index is 11.9. The summed E-state index contributed by atoms with van der Waals surface area (Å²) in [7, 11) is 0. The highest BCUT2D eigenvalue weighted by molar-refractivity contribution is 5.92. The van der Waals surface area contributed by atoms with Crippen molar-refractivity contribution in [1.29, 1.82) is 0 Å². The fourth-order valence-electron chi connectivity index (χ4n) is 1.56. The maximum atomic E-state index is 11.9. The van der Waals surface area contributed by atoms with Crippen LogP contribution in [0, 0.1) is 13.8 Å². The van der Waals surface area contributed by atoms with Gasteiger partial charge in [-0.2, -0.15) is 0 Å². The predicted octanol–water partition coefficient (Wildman–Crippen LogP) is 0.297. The van der Waals surface area contributed by atoms with Gasteiger partial charge in [0.1, 0.15) is 11.5 Å². The summed E-state index contributed by atoms with van der Waals surface area (Å²) in [5.74, 6) is 5.87. The molecule has 0 radical (unpaired) electrons. The van der Waals surface area contributed by atoms with Crippen molar-refractivity contribution in [3.05, 3.63) is 35.1 Å². The van der Waals surface area contributed by atoms with E-state index in [4.69, 9.17) is 10.4 Å². The van der Waals surface area contributed by atoms with Crippen molar-refractivity contribution in [3.8, 4) is 0 Å². The summed E-state index contributed by atoms with van der Waals surface area (Å²) in [4.78, 5) is 19.7. The van der Waals surface area contributed by atoms with Gasteiger partial charge in [0.05, 0.1) is 18.1 Å². The van der Waals surface area contributed by atoms with Crippen LogP contribution >= 0.6 is 0 Å². The zero-order valence-electron chi connectivity index (χ0n) is 10.6. The molecule has 0 unspecified atom stereocenters. The van der Waals surface area contributed by atoms with Crippen molar-refractivity contribution in [2.24, 2.45) is 5.84 Å². The van der Waals surface area contributed by atoms with Gasteiger partial charge in [-0.3, -0.25) is 9.78 Å². The van der Waals surface area contributed by atoms with Crippen LogP contribution in [0.5, 0.6) is 0 Å². The molecule has 0 atom stereocenters. The Morgan fingerprint density at radius 2 is 2.21 bits per heavy atom. The Bertz CT molecular complexity index is 575. The van der Waals surface area contributed by atoms with E-state index in [1.807, 2.05) is 6.92 Å². The lowest BCUT2D eigenvalue weighted by Gasteiger charge is -2.05. The molecule has 19 heavy (non-hydrogen) atoms. The van der Waals surface area contributed by atoms with Gasteiger partial charge in [-0.05, 0) is 13.8 Å². The largest absolute Gasteiger partial charge is 0.361 e. The highest BCUT2D eigenvalue weighted by Gasteiger charge is 2.12. The van der Waals surface area contributed by atoms with Gasteiger partial charge in [0.2, 0.25) is 0 Å². The molecule has 0 aliphatic heterocycles. The normalized spacial score (nSPS) is 10.3. The summed E-state index contributed by atoms with van der Waals surface area (Å²) >= 11 is 0. The minimum absolute atomic E-state index is 0.183. The van der Waals surface area contributed by atoms with Gasteiger partial charge in [0, 0.05) is 12.1 Å². The Morgan fingerprint density at radius 3 is 2.84 bits per heavy atom. The van der Waals surface area contributed by atoms with Crippen LogP contribution in [0.15, 0.2) is 16.9 Å². The highest BCUT2D eigenvalue weighted by Crippen LogP contribution is 2.11. The van der Waals surface area contributed by atoms with Crippen LogP contribution < -0.4 is 16.6 Å². The molecule has 0 saturated heterocycles. The number of hydrazine groups is 1. The lowest BCUT2D eigenvalue weighted by Crippen LogP contribution is -2.25. The number of nitrogen functional groups attached to an aromatic ring is 1. The lowest BCUT2D eigenvalue weighted by atomic mass is 10.2. The van der Waals surface area contributed by atoms with E-state index in [-0.39, 0.29) is 11.6 Å². The zero-order valence-corrected chi connectivity index (χ0v) is 10.6. The van der Waals surface area contributed by atoms with Gasteiger partial charge in [0.15, 0.2) is 5.82 Å². The van der Waals surface area contributed by atoms with E-state index >= 15 is 0 Å². The molecule has 1 amide bonds. The van der Waals surface area contributed by atoms with Gasteiger partial charge in [-0.25, -0.2) is 10.8 Å². The first-order chi connectivity index (χ1) is 9.11. The minimum atomic E-state index is -0.343. The van der Waals surface area contributed by atoms with Crippen LogP contribution in [0.25, 0.3) is 0 Å². The smallest absolute Gasteiger partial charge is 0.271 e. The number of carbonyl (C=O) groups excluding carboxylic acids is 1. The van der Waals surface area contributed by atoms with Gasteiger partial charge < -0.3 is 15.3 Å². The van der Waals surface area contributed by atoms with Crippen LogP contribution in [-0.2, 0) is 6.54 Å². The number of nitrogens with zero attached hydrogens (tertiary/aromatic N) is 3. The monoisotopic (exact) mass is 262 g/mol. The molecule has 2 heterocycles. The van der Waals surface area contributed by atoms with E-state index in [1.165, 1.54) is 12.4 Å². The topological polar surface area (TPSA) is 119 Å². The summed E-state index contributed by atoms with van der Waals surface area (Å²) < 4.78 is 5.01. The SMILES string of the molecule is Cc1noc(C)c1CNC(=O)c1cncc(NN)n1. The van der Waals surface area contributed by atoms with Crippen molar-refractivity contribution in [1.82, 2.24) is 20.4 Å². The number of nitrogens with two attached hydrogens (primary N) is 1. The van der Waals surface area contributed by atoms with Gasteiger partial charge in [0.25, 0.3) is 5.91 Å². The number of hydrogen-bond acceptors (Lipinski definition) is 7. The second-order valence-electron chi connectivity index (χ2n) is 3.92. The Labute approximate surface area is 109 Å². The molecule has 0 bridgehead atoms. The molecule has 0 aliphatic carbocycles. The van der Waals surface area contributed by atoms with E-state index in [0.29, 0.717) is 18.1 Å². The van der Waals surface area contributed by atoms with Gasteiger partial charge >= 0.3 is 0 Å². The van der Waals surface area contributed by atoms with Crippen molar-refractivity contribution >= 4 is 11.7 Å².